The summed E-state index contributed by atoms with van der Waals surface area (Å²) in [6.07, 6.45) is 0. The number of hydrogen-bond donors (Lipinski definition) is 0. The molecule has 0 fully saturated rings. The summed E-state index contributed by atoms with van der Waals surface area (Å²) in [5.41, 5.74) is 0.221. The van der Waals surface area contributed by atoms with Gasteiger partial charge in [-0.3, -0.25) is 9.59 Å². The van der Waals surface area contributed by atoms with Crippen LogP contribution in [0.1, 0.15) is 24.2 Å². The molecule has 5 heteroatoms. The van der Waals surface area contributed by atoms with Crippen LogP contribution in [0, 0.1) is 5.82 Å². The number of ketones is 1. The number of carbonyl (C=O) groups excluding carboxylic acids is 2. The van der Waals surface area contributed by atoms with Gasteiger partial charge in [0.15, 0.2) is 5.82 Å². The third-order valence-electron chi connectivity index (χ3n) is 2.49. The number of carbonyl (C=O) groups is 2. The molecule has 16 heavy (non-hydrogen) atoms. The molecule has 0 saturated carbocycles. The largest absolute Gasteiger partial charge is 0.302 e. The minimum absolute atomic E-state index is 0.131. The maximum absolute atomic E-state index is 13.7. The number of nitrogens with zero attached hydrogens (tertiary/aromatic N) is 1. The maximum Gasteiger partial charge on any atom is 0.299 e. The molecule has 1 amide bonds. The van der Waals surface area contributed by atoms with Gasteiger partial charge in [0.1, 0.15) is 0 Å². The fraction of sp³-hybridized carbons (Fsp3) is 0.273. The highest BCUT2D eigenvalue weighted by atomic mass is 79.9. The third kappa shape index (κ3) is 1.38. The molecule has 0 saturated heterocycles. The minimum Gasteiger partial charge on any atom is -0.302 e. The third-order valence-corrected chi connectivity index (χ3v) is 3.10. The molecule has 2 rings (SSSR count). The number of hydrogen-bond acceptors (Lipinski definition) is 2. The molecule has 1 aliphatic rings. The number of Topliss-reactive ketones (excluding diaryl/α,β-unsaturated/α-hetero) is 1. The van der Waals surface area contributed by atoms with Crippen LogP contribution in [0.3, 0.4) is 0 Å². The zero-order valence-corrected chi connectivity index (χ0v) is 10.3. The SMILES string of the molecule is CC(C)N1C(=O)C(=O)c2c1ccc(Br)c2F. The number of benzene rings is 1. The van der Waals surface area contributed by atoms with Crippen LogP contribution in [0.15, 0.2) is 16.6 Å². The van der Waals surface area contributed by atoms with E-state index in [2.05, 4.69) is 15.9 Å². The molecule has 0 N–H and O–H groups in total. The summed E-state index contributed by atoms with van der Waals surface area (Å²) in [6, 6.07) is 2.90. The van der Waals surface area contributed by atoms with Gasteiger partial charge in [-0.15, -0.1) is 0 Å². The fourth-order valence-corrected chi connectivity index (χ4v) is 2.13. The van der Waals surface area contributed by atoms with Crippen LogP contribution in [0.2, 0.25) is 0 Å². The molecule has 0 spiro atoms. The van der Waals surface area contributed by atoms with E-state index in [1.807, 2.05) is 0 Å². The van der Waals surface area contributed by atoms with Crippen molar-refractivity contribution in [3.8, 4) is 0 Å². The van der Waals surface area contributed by atoms with Gasteiger partial charge in [-0.2, -0.15) is 0 Å². The van der Waals surface area contributed by atoms with Crippen LogP contribution in [-0.2, 0) is 4.79 Å². The molecule has 0 aliphatic carbocycles. The summed E-state index contributed by atoms with van der Waals surface area (Å²) in [4.78, 5) is 24.6. The average Bonchev–Trinajstić information content (AvgIpc) is 2.46. The highest BCUT2D eigenvalue weighted by molar-refractivity contribution is 9.10. The smallest absolute Gasteiger partial charge is 0.299 e. The minimum atomic E-state index is -0.775. The van der Waals surface area contributed by atoms with Gasteiger partial charge in [0.25, 0.3) is 11.7 Å². The molecule has 1 aliphatic heterocycles. The maximum atomic E-state index is 13.7. The molecular formula is C11H9BrFNO2. The molecule has 84 valence electrons. The van der Waals surface area contributed by atoms with Crippen molar-refractivity contribution < 1.29 is 14.0 Å². The van der Waals surface area contributed by atoms with E-state index in [4.69, 9.17) is 0 Å². The van der Waals surface area contributed by atoms with Crippen molar-refractivity contribution in [2.24, 2.45) is 0 Å². The lowest BCUT2D eigenvalue weighted by atomic mass is 10.1. The Morgan fingerprint density at radius 2 is 1.94 bits per heavy atom. The molecular weight excluding hydrogens is 277 g/mol. The van der Waals surface area contributed by atoms with Crippen molar-refractivity contribution in [3.05, 3.63) is 28.0 Å². The van der Waals surface area contributed by atoms with E-state index in [0.717, 1.165) is 0 Å². The van der Waals surface area contributed by atoms with E-state index in [-0.39, 0.29) is 16.1 Å². The molecule has 0 bridgehead atoms. The Morgan fingerprint density at radius 1 is 1.31 bits per heavy atom. The van der Waals surface area contributed by atoms with E-state index in [0.29, 0.717) is 5.69 Å². The van der Waals surface area contributed by atoms with Crippen molar-refractivity contribution >= 4 is 33.3 Å². The van der Waals surface area contributed by atoms with Crippen molar-refractivity contribution in [2.75, 3.05) is 4.90 Å². The molecule has 3 nitrogen and oxygen atoms in total. The number of anilines is 1. The predicted molar refractivity (Wildman–Crippen MR) is 61.1 cm³/mol. The Balaban J connectivity index is 2.70. The zero-order valence-electron chi connectivity index (χ0n) is 8.75. The lowest BCUT2D eigenvalue weighted by Gasteiger charge is -2.20. The van der Waals surface area contributed by atoms with Crippen LogP contribution in [0.5, 0.6) is 0 Å². The van der Waals surface area contributed by atoms with Crippen LogP contribution < -0.4 is 4.90 Å². The standard InChI is InChI=1S/C11H9BrFNO2/c1-5(2)14-7-4-3-6(12)9(13)8(7)10(15)11(14)16/h3-5H,1-2H3. The predicted octanol–water partition coefficient (Wildman–Crippen LogP) is 2.53. The Labute approximate surface area is 100 Å². The second kappa shape index (κ2) is 3.66. The highest BCUT2D eigenvalue weighted by Gasteiger charge is 2.39. The highest BCUT2D eigenvalue weighted by Crippen LogP contribution is 2.35. The number of amides is 1. The molecule has 0 atom stereocenters. The lowest BCUT2D eigenvalue weighted by molar-refractivity contribution is -0.114. The molecule has 0 unspecified atom stereocenters. The molecule has 1 aromatic rings. The van der Waals surface area contributed by atoms with Gasteiger partial charge in [-0.1, -0.05) is 0 Å². The summed E-state index contributed by atoms with van der Waals surface area (Å²) in [6.45, 7) is 3.56. The molecule has 1 aromatic carbocycles. The first-order chi connectivity index (χ1) is 7.45. The van der Waals surface area contributed by atoms with Crippen LogP contribution >= 0.6 is 15.9 Å². The van der Waals surface area contributed by atoms with Gasteiger partial charge in [0.2, 0.25) is 0 Å². The molecule has 0 radical (unpaired) electrons. The van der Waals surface area contributed by atoms with E-state index >= 15 is 0 Å². The van der Waals surface area contributed by atoms with Crippen LogP contribution in [0.25, 0.3) is 0 Å². The summed E-state index contributed by atoms with van der Waals surface area (Å²) in [5, 5.41) is 0. The zero-order chi connectivity index (χ0) is 12.0. The van der Waals surface area contributed by atoms with Gasteiger partial charge in [-0.25, -0.2) is 4.39 Å². The van der Waals surface area contributed by atoms with Crippen LogP contribution in [-0.4, -0.2) is 17.7 Å². The summed E-state index contributed by atoms with van der Waals surface area (Å²) in [7, 11) is 0. The van der Waals surface area contributed by atoms with Crippen molar-refractivity contribution in [3.63, 3.8) is 0 Å². The first-order valence-corrected chi connectivity index (χ1v) is 5.60. The topological polar surface area (TPSA) is 37.4 Å². The van der Waals surface area contributed by atoms with E-state index in [9.17, 15) is 14.0 Å². The number of rotatable bonds is 1. The van der Waals surface area contributed by atoms with Gasteiger partial charge < -0.3 is 4.90 Å². The fourth-order valence-electron chi connectivity index (χ4n) is 1.80. The van der Waals surface area contributed by atoms with Crippen LogP contribution in [0.4, 0.5) is 10.1 Å². The van der Waals surface area contributed by atoms with E-state index < -0.39 is 17.5 Å². The quantitative estimate of drug-likeness (QED) is 0.744. The van der Waals surface area contributed by atoms with Gasteiger partial charge in [-0.05, 0) is 41.9 Å². The second-order valence-electron chi connectivity index (χ2n) is 3.85. The first-order valence-electron chi connectivity index (χ1n) is 4.81. The molecule has 1 heterocycles. The van der Waals surface area contributed by atoms with Gasteiger partial charge in [0, 0.05) is 6.04 Å². The summed E-state index contributed by atoms with van der Waals surface area (Å²) >= 11 is 3.00. The summed E-state index contributed by atoms with van der Waals surface area (Å²) < 4.78 is 13.9. The van der Waals surface area contributed by atoms with E-state index in [1.165, 1.54) is 11.0 Å². The van der Waals surface area contributed by atoms with Crippen molar-refractivity contribution in [2.45, 2.75) is 19.9 Å². The Morgan fingerprint density at radius 3 is 2.50 bits per heavy atom. The average molecular weight is 286 g/mol. The lowest BCUT2D eigenvalue weighted by Crippen LogP contribution is -2.35. The van der Waals surface area contributed by atoms with E-state index in [1.54, 1.807) is 19.9 Å². The first kappa shape index (κ1) is 11.3. The second-order valence-corrected chi connectivity index (χ2v) is 4.71. The normalized spacial score (nSPS) is 14.9. The summed E-state index contributed by atoms with van der Waals surface area (Å²) in [5.74, 6) is -2.11. The Kier molecular flexibility index (Phi) is 2.58. The van der Waals surface area contributed by atoms with Gasteiger partial charge >= 0.3 is 0 Å². The number of halogens is 2. The van der Waals surface area contributed by atoms with Gasteiger partial charge in [0.05, 0.1) is 15.7 Å². The Hall–Kier alpha value is -1.23. The number of fused-ring (bicyclic) bond motifs is 1. The Bertz CT molecular complexity index is 499. The van der Waals surface area contributed by atoms with Crippen molar-refractivity contribution in [1.29, 1.82) is 0 Å². The van der Waals surface area contributed by atoms with Crippen molar-refractivity contribution in [1.82, 2.24) is 0 Å². The molecule has 0 aromatic heterocycles. The monoisotopic (exact) mass is 285 g/mol.